The van der Waals surface area contributed by atoms with E-state index in [1.807, 2.05) is 25.2 Å². The van der Waals surface area contributed by atoms with Crippen LogP contribution >= 0.6 is 12.2 Å². The summed E-state index contributed by atoms with van der Waals surface area (Å²) in [6.45, 7) is 2.87. The van der Waals surface area contributed by atoms with E-state index in [-0.39, 0.29) is 0 Å². The minimum Gasteiger partial charge on any atom is -0.492 e. The van der Waals surface area contributed by atoms with Crippen LogP contribution in [0.1, 0.15) is 26.2 Å². The molecule has 0 amide bonds. The summed E-state index contributed by atoms with van der Waals surface area (Å²) in [5, 5.41) is 0. The Bertz CT molecular complexity index is 291. The number of hydrogen-bond acceptors (Lipinski definition) is 2. The van der Waals surface area contributed by atoms with Crippen molar-refractivity contribution in [1.29, 1.82) is 0 Å². The van der Waals surface area contributed by atoms with Crippen LogP contribution in [-0.2, 0) is 4.74 Å². The van der Waals surface area contributed by atoms with Gasteiger partial charge in [0.25, 0.3) is 0 Å². The summed E-state index contributed by atoms with van der Waals surface area (Å²) < 4.78 is 5.67. The fraction of sp³-hybridized carbons (Fsp3) is 0.583. The number of thiocarbonyl (C=S) groups is 1. The van der Waals surface area contributed by atoms with Gasteiger partial charge < -0.3 is 4.74 Å². The molecule has 1 aliphatic heterocycles. The van der Waals surface area contributed by atoms with Crippen LogP contribution in [-0.4, -0.2) is 11.5 Å². The van der Waals surface area contributed by atoms with Crippen LogP contribution in [0.4, 0.5) is 0 Å². The van der Waals surface area contributed by atoms with Crippen molar-refractivity contribution in [3.8, 4) is 0 Å². The van der Waals surface area contributed by atoms with Gasteiger partial charge in [0.1, 0.15) is 5.76 Å². The van der Waals surface area contributed by atoms with E-state index >= 15 is 0 Å². The van der Waals surface area contributed by atoms with E-state index in [1.54, 1.807) is 0 Å². The maximum absolute atomic E-state index is 5.67. The summed E-state index contributed by atoms with van der Waals surface area (Å²) in [5.74, 6) is 2.25. The molecule has 1 heterocycles. The largest absolute Gasteiger partial charge is 0.492 e. The Hall–Kier alpha value is -0.630. The van der Waals surface area contributed by atoms with Gasteiger partial charge in [-0.3, -0.25) is 0 Å². The van der Waals surface area contributed by atoms with Crippen LogP contribution in [0.3, 0.4) is 0 Å². The van der Waals surface area contributed by atoms with Gasteiger partial charge in [-0.1, -0.05) is 30.8 Å². The highest BCUT2D eigenvalue weighted by Crippen LogP contribution is 2.38. The Balaban J connectivity index is 2.13. The molecule has 0 bridgehead atoms. The van der Waals surface area contributed by atoms with Crippen LogP contribution in [0.25, 0.3) is 0 Å². The molecule has 0 N–H and O–H groups in total. The Labute approximate surface area is 90.8 Å². The Morgan fingerprint density at radius 3 is 3.07 bits per heavy atom. The molecule has 0 spiro atoms. The van der Waals surface area contributed by atoms with Gasteiger partial charge in [-0.15, -0.1) is 0 Å². The molecule has 0 aromatic heterocycles. The lowest BCUT2D eigenvalue weighted by Crippen LogP contribution is -2.29. The lowest BCUT2D eigenvalue weighted by Gasteiger charge is -2.28. The molecule has 76 valence electrons. The van der Waals surface area contributed by atoms with E-state index in [1.165, 1.54) is 19.3 Å². The normalized spacial score (nSPS) is 34.9. The second kappa shape index (κ2) is 4.26. The predicted molar refractivity (Wildman–Crippen MR) is 62.3 cm³/mol. The SMILES string of the molecule is C/C=C\C=C1\OCC2CCCC2C1=S. The monoisotopic (exact) mass is 208 g/mol. The van der Waals surface area contributed by atoms with Gasteiger partial charge in [-0.25, -0.2) is 0 Å². The molecule has 2 aliphatic rings. The molecule has 0 aromatic rings. The van der Waals surface area contributed by atoms with E-state index in [4.69, 9.17) is 17.0 Å². The summed E-state index contributed by atoms with van der Waals surface area (Å²) in [4.78, 5) is 1.05. The third kappa shape index (κ3) is 1.76. The van der Waals surface area contributed by atoms with Gasteiger partial charge in [0, 0.05) is 11.8 Å². The van der Waals surface area contributed by atoms with Gasteiger partial charge in [0.15, 0.2) is 0 Å². The average molecular weight is 208 g/mol. The summed E-state index contributed by atoms with van der Waals surface area (Å²) >= 11 is 5.45. The zero-order chi connectivity index (χ0) is 9.97. The molecule has 2 rings (SSSR count). The Morgan fingerprint density at radius 2 is 2.29 bits per heavy atom. The van der Waals surface area contributed by atoms with E-state index in [0.717, 1.165) is 17.2 Å². The zero-order valence-electron chi connectivity index (χ0n) is 8.53. The summed E-state index contributed by atoms with van der Waals surface area (Å²) in [5.41, 5.74) is 0. The van der Waals surface area contributed by atoms with Crippen molar-refractivity contribution in [1.82, 2.24) is 0 Å². The van der Waals surface area contributed by atoms with Crippen molar-refractivity contribution < 1.29 is 4.74 Å². The molecule has 2 fully saturated rings. The van der Waals surface area contributed by atoms with Crippen LogP contribution in [0.2, 0.25) is 0 Å². The van der Waals surface area contributed by atoms with Crippen LogP contribution in [0.5, 0.6) is 0 Å². The first-order chi connectivity index (χ1) is 6.83. The molecule has 2 atom stereocenters. The molecule has 1 saturated heterocycles. The van der Waals surface area contributed by atoms with Gasteiger partial charge >= 0.3 is 0 Å². The molecule has 1 aliphatic carbocycles. The number of fused-ring (bicyclic) bond motifs is 1. The van der Waals surface area contributed by atoms with Crippen molar-refractivity contribution >= 4 is 17.1 Å². The first-order valence-electron chi connectivity index (χ1n) is 5.33. The number of hydrogen-bond donors (Lipinski definition) is 0. The number of rotatable bonds is 1. The third-order valence-electron chi connectivity index (χ3n) is 3.13. The molecule has 1 saturated carbocycles. The molecule has 2 heteroatoms. The molecule has 0 aromatic carbocycles. The van der Waals surface area contributed by atoms with Gasteiger partial charge in [0.05, 0.1) is 11.5 Å². The first kappa shape index (κ1) is 9.91. The molecular formula is C12H16OS. The van der Waals surface area contributed by atoms with Gasteiger partial charge in [0.2, 0.25) is 0 Å². The van der Waals surface area contributed by atoms with Crippen molar-refractivity contribution in [2.24, 2.45) is 11.8 Å². The quantitative estimate of drug-likeness (QED) is 0.483. The fourth-order valence-corrected chi connectivity index (χ4v) is 2.78. The second-order valence-corrected chi connectivity index (χ2v) is 4.47. The molecule has 14 heavy (non-hydrogen) atoms. The Morgan fingerprint density at radius 1 is 1.43 bits per heavy atom. The highest BCUT2D eigenvalue weighted by Gasteiger charge is 2.36. The average Bonchev–Trinajstić information content (AvgIpc) is 2.66. The van der Waals surface area contributed by atoms with Crippen molar-refractivity contribution in [3.05, 3.63) is 24.0 Å². The second-order valence-electron chi connectivity index (χ2n) is 4.03. The Kier molecular flexibility index (Phi) is 3.02. The number of ether oxygens (including phenoxy) is 1. The summed E-state index contributed by atoms with van der Waals surface area (Å²) in [7, 11) is 0. The highest BCUT2D eigenvalue weighted by molar-refractivity contribution is 7.80. The van der Waals surface area contributed by atoms with Crippen LogP contribution in [0.15, 0.2) is 24.0 Å². The fourth-order valence-electron chi connectivity index (χ4n) is 2.35. The van der Waals surface area contributed by atoms with Crippen LogP contribution in [0, 0.1) is 11.8 Å². The number of allylic oxidation sites excluding steroid dienone is 4. The zero-order valence-corrected chi connectivity index (χ0v) is 9.35. The van der Waals surface area contributed by atoms with E-state index < -0.39 is 0 Å². The van der Waals surface area contributed by atoms with E-state index in [9.17, 15) is 0 Å². The lowest BCUT2D eigenvalue weighted by molar-refractivity contribution is 0.150. The summed E-state index contributed by atoms with van der Waals surface area (Å²) in [6.07, 6.45) is 9.87. The minimum absolute atomic E-state index is 0.621. The van der Waals surface area contributed by atoms with Gasteiger partial charge in [-0.05, 0) is 25.8 Å². The third-order valence-corrected chi connectivity index (χ3v) is 3.64. The molecule has 0 radical (unpaired) electrons. The predicted octanol–water partition coefficient (Wildman–Crippen LogP) is 3.26. The first-order valence-corrected chi connectivity index (χ1v) is 5.73. The van der Waals surface area contributed by atoms with Crippen molar-refractivity contribution in [2.75, 3.05) is 6.61 Å². The summed E-state index contributed by atoms with van der Waals surface area (Å²) in [6, 6.07) is 0. The smallest absolute Gasteiger partial charge is 0.133 e. The van der Waals surface area contributed by atoms with Crippen LogP contribution < -0.4 is 0 Å². The van der Waals surface area contributed by atoms with E-state index in [2.05, 4.69) is 0 Å². The van der Waals surface area contributed by atoms with Crippen molar-refractivity contribution in [3.63, 3.8) is 0 Å². The maximum Gasteiger partial charge on any atom is 0.133 e. The van der Waals surface area contributed by atoms with Crippen molar-refractivity contribution in [2.45, 2.75) is 26.2 Å². The topological polar surface area (TPSA) is 9.23 Å². The highest BCUT2D eigenvalue weighted by atomic mass is 32.1. The van der Waals surface area contributed by atoms with E-state index in [0.29, 0.717) is 11.8 Å². The molecule has 2 unspecified atom stereocenters. The standard InChI is InChI=1S/C12H16OS/c1-2-3-7-11-12(14)10-6-4-5-9(10)8-13-11/h2-3,7,9-10H,4-6,8H2,1H3/b3-2-,11-7+. The minimum atomic E-state index is 0.621. The maximum atomic E-state index is 5.67. The van der Waals surface area contributed by atoms with Gasteiger partial charge in [-0.2, -0.15) is 0 Å². The molecule has 1 nitrogen and oxygen atoms in total. The lowest BCUT2D eigenvalue weighted by atomic mass is 9.90. The molecular weight excluding hydrogens is 192 g/mol.